The summed E-state index contributed by atoms with van der Waals surface area (Å²) >= 11 is 1.24. The summed E-state index contributed by atoms with van der Waals surface area (Å²) in [6, 6.07) is 7.65. The number of nitrogens with one attached hydrogen (secondary N) is 1. The zero-order valence-electron chi connectivity index (χ0n) is 18.6. The van der Waals surface area contributed by atoms with Crippen molar-refractivity contribution < 1.29 is 23.6 Å². The minimum absolute atomic E-state index is 0.00317. The van der Waals surface area contributed by atoms with Crippen molar-refractivity contribution in [3.63, 3.8) is 0 Å². The molecule has 35 heavy (non-hydrogen) atoms. The Hall–Kier alpha value is -3.97. The predicted molar refractivity (Wildman–Crippen MR) is 129 cm³/mol. The van der Waals surface area contributed by atoms with E-state index in [1.807, 2.05) is 4.90 Å². The Morgan fingerprint density at radius 3 is 2.80 bits per heavy atom. The highest BCUT2D eigenvalue weighted by molar-refractivity contribution is 8.26. The van der Waals surface area contributed by atoms with E-state index in [0.29, 0.717) is 49.0 Å². The highest BCUT2D eigenvalue weighted by atomic mass is 32.2. The van der Waals surface area contributed by atoms with Crippen LogP contribution in [0, 0.1) is 15.5 Å². The van der Waals surface area contributed by atoms with Gasteiger partial charge >= 0.3 is 0 Å². The van der Waals surface area contributed by atoms with Gasteiger partial charge in [-0.15, -0.1) is 5.10 Å². The number of carbonyl (C=O) groups excluding carboxylic acids is 1. The number of ether oxygens (including phenoxy) is 2. The van der Waals surface area contributed by atoms with E-state index in [2.05, 4.69) is 10.1 Å². The average Bonchev–Trinajstić information content (AvgIpc) is 3.50. The summed E-state index contributed by atoms with van der Waals surface area (Å²) in [4.78, 5) is 29.9. The van der Waals surface area contributed by atoms with Gasteiger partial charge in [0.25, 0.3) is 11.6 Å². The Balaban J connectivity index is 1.41. The van der Waals surface area contributed by atoms with Gasteiger partial charge in [0.05, 0.1) is 41.9 Å². The maximum Gasteiger partial charge on any atom is 0.284 e. The number of nitro groups is 1. The highest BCUT2D eigenvalue weighted by Crippen LogP contribution is 2.35. The van der Waals surface area contributed by atoms with Gasteiger partial charge in [-0.2, -0.15) is 10.0 Å². The third kappa shape index (κ3) is 4.42. The number of amides is 1. The summed E-state index contributed by atoms with van der Waals surface area (Å²) in [5, 5.41) is 26.9. The fourth-order valence-corrected chi connectivity index (χ4v) is 4.65. The first-order valence-electron chi connectivity index (χ1n) is 10.8. The molecular weight excluding hydrogens is 476 g/mol. The lowest BCUT2D eigenvalue weighted by Crippen LogP contribution is -2.39. The van der Waals surface area contributed by atoms with Crippen LogP contribution in [0.2, 0.25) is 0 Å². The topological polar surface area (TPSA) is 147 Å². The quantitative estimate of drug-likeness (QED) is 0.374. The molecule has 4 heterocycles. The highest BCUT2D eigenvalue weighted by Gasteiger charge is 2.37. The lowest BCUT2D eigenvalue weighted by Gasteiger charge is -2.26. The van der Waals surface area contributed by atoms with Gasteiger partial charge in [-0.1, -0.05) is 0 Å². The Morgan fingerprint density at radius 1 is 1.26 bits per heavy atom. The number of fused-ring (bicyclic) bond motifs is 1. The number of nitro benzene ring substituents is 1. The van der Waals surface area contributed by atoms with Crippen molar-refractivity contribution in [3.8, 4) is 17.1 Å². The SMILES string of the molecule is CCOc1ccc(-c2ccc(/C=C3\C(=N)N4N=C(N5CCOCC5)SC4=NC3=O)o2)c([N+](=O)[O-])c1. The minimum atomic E-state index is -0.586. The monoisotopic (exact) mass is 496 g/mol. The van der Waals surface area contributed by atoms with E-state index < -0.39 is 10.8 Å². The van der Waals surface area contributed by atoms with Crippen molar-refractivity contribution in [1.82, 2.24) is 9.91 Å². The van der Waals surface area contributed by atoms with Crippen molar-refractivity contribution in [2.45, 2.75) is 6.92 Å². The first-order valence-corrected chi connectivity index (χ1v) is 11.6. The molecule has 0 aliphatic carbocycles. The largest absolute Gasteiger partial charge is 0.494 e. The van der Waals surface area contributed by atoms with Crippen LogP contribution in [0.25, 0.3) is 17.4 Å². The van der Waals surface area contributed by atoms with Crippen LogP contribution in [0.5, 0.6) is 5.75 Å². The van der Waals surface area contributed by atoms with Crippen LogP contribution in [-0.4, -0.2) is 69.8 Å². The number of hydrogen-bond acceptors (Lipinski definition) is 10. The van der Waals surface area contributed by atoms with Gasteiger partial charge in [-0.05, 0) is 49.0 Å². The molecule has 5 rings (SSSR count). The van der Waals surface area contributed by atoms with E-state index in [-0.39, 0.29) is 34.2 Å². The Bertz CT molecular complexity index is 1310. The van der Waals surface area contributed by atoms with Gasteiger partial charge in [0.1, 0.15) is 17.3 Å². The molecule has 0 radical (unpaired) electrons. The van der Waals surface area contributed by atoms with Crippen LogP contribution in [-0.2, 0) is 9.53 Å². The molecule has 1 N–H and O–H groups in total. The Morgan fingerprint density at radius 2 is 2.06 bits per heavy atom. The van der Waals surface area contributed by atoms with Gasteiger partial charge < -0.3 is 18.8 Å². The number of nitrogens with zero attached hydrogens (tertiary/aromatic N) is 5. The molecule has 12 nitrogen and oxygen atoms in total. The molecule has 1 fully saturated rings. The fraction of sp³-hybridized carbons (Fsp3) is 0.273. The normalized spacial score (nSPS) is 19.1. The molecule has 1 saturated heterocycles. The van der Waals surface area contributed by atoms with E-state index in [9.17, 15) is 14.9 Å². The second-order valence-electron chi connectivity index (χ2n) is 7.57. The second-order valence-corrected chi connectivity index (χ2v) is 8.51. The zero-order valence-corrected chi connectivity index (χ0v) is 19.4. The third-order valence-electron chi connectivity index (χ3n) is 5.38. The zero-order chi connectivity index (χ0) is 24.5. The van der Waals surface area contributed by atoms with Crippen LogP contribution in [0.3, 0.4) is 0 Å². The Kier molecular flexibility index (Phi) is 6.09. The summed E-state index contributed by atoms with van der Waals surface area (Å²) in [5.74, 6) is 0.166. The number of aliphatic imine (C=N–C) groups is 1. The lowest BCUT2D eigenvalue weighted by atomic mass is 10.1. The van der Waals surface area contributed by atoms with Gasteiger partial charge in [0, 0.05) is 13.1 Å². The number of thioether (sulfide) groups is 1. The summed E-state index contributed by atoms with van der Waals surface area (Å²) < 4.78 is 16.5. The Labute approximate surface area is 203 Å². The van der Waals surface area contributed by atoms with Gasteiger partial charge in [-0.3, -0.25) is 20.3 Å². The van der Waals surface area contributed by atoms with Crippen molar-refractivity contribution in [3.05, 3.63) is 51.8 Å². The summed E-state index contributed by atoms with van der Waals surface area (Å²) in [7, 11) is 0. The molecular formula is C22H20N6O6S. The molecule has 0 unspecified atom stereocenters. The fourth-order valence-electron chi connectivity index (χ4n) is 3.71. The van der Waals surface area contributed by atoms with Crippen LogP contribution >= 0.6 is 11.8 Å². The molecule has 0 saturated carbocycles. The van der Waals surface area contributed by atoms with Crippen molar-refractivity contribution in [2.75, 3.05) is 32.9 Å². The van der Waals surface area contributed by atoms with Gasteiger partial charge in [-0.25, -0.2) is 0 Å². The maximum atomic E-state index is 12.7. The first-order chi connectivity index (χ1) is 16.9. The molecule has 13 heteroatoms. The standard InChI is InChI=1S/C22H20N6O6S/c1-2-33-13-3-5-15(17(12-13)28(30)31)18-6-4-14(34-18)11-16-19(23)27-21(24-20(16)29)35-22(25-27)26-7-9-32-10-8-26/h3-6,11-12,23H,2,7-10H2,1H3/b16-11+,23-19?. The van der Waals surface area contributed by atoms with Crippen molar-refractivity contribution >= 4 is 45.6 Å². The number of morpholine rings is 1. The third-order valence-corrected chi connectivity index (χ3v) is 6.35. The molecule has 1 aromatic heterocycles. The van der Waals surface area contributed by atoms with Crippen LogP contribution in [0.1, 0.15) is 12.7 Å². The van der Waals surface area contributed by atoms with Crippen molar-refractivity contribution in [2.24, 2.45) is 10.1 Å². The number of benzene rings is 1. The van der Waals surface area contributed by atoms with E-state index in [1.54, 1.807) is 31.2 Å². The molecule has 3 aliphatic heterocycles. The number of hydrogen-bond donors (Lipinski definition) is 1. The van der Waals surface area contributed by atoms with E-state index in [1.165, 1.54) is 28.9 Å². The van der Waals surface area contributed by atoms with Crippen LogP contribution < -0.4 is 4.74 Å². The molecule has 180 valence electrons. The molecule has 3 aliphatic rings. The number of hydrazone groups is 1. The summed E-state index contributed by atoms with van der Waals surface area (Å²) in [6.07, 6.45) is 1.39. The van der Waals surface area contributed by atoms with Crippen LogP contribution in [0.4, 0.5) is 5.69 Å². The summed E-state index contributed by atoms with van der Waals surface area (Å²) in [5.41, 5.74) is 0.104. The molecule has 1 aromatic carbocycles. The van der Waals surface area contributed by atoms with E-state index in [0.717, 1.165) is 0 Å². The number of carbonyl (C=O) groups is 1. The maximum absolute atomic E-state index is 12.7. The van der Waals surface area contributed by atoms with E-state index >= 15 is 0 Å². The van der Waals surface area contributed by atoms with Gasteiger partial charge in [0.15, 0.2) is 11.0 Å². The molecule has 0 atom stereocenters. The molecule has 0 bridgehead atoms. The van der Waals surface area contributed by atoms with Crippen LogP contribution in [0.15, 0.2) is 50.4 Å². The summed E-state index contributed by atoms with van der Waals surface area (Å²) in [6.45, 7) is 4.68. The molecule has 1 amide bonds. The first kappa shape index (κ1) is 22.8. The smallest absolute Gasteiger partial charge is 0.284 e. The lowest BCUT2D eigenvalue weighted by molar-refractivity contribution is -0.384. The number of amidine groups is 3. The minimum Gasteiger partial charge on any atom is -0.494 e. The molecule has 2 aromatic rings. The molecule has 0 spiro atoms. The van der Waals surface area contributed by atoms with E-state index in [4.69, 9.17) is 19.3 Å². The second kappa shape index (κ2) is 9.35. The predicted octanol–water partition coefficient (Wildman–Crippen LogP) is 3.16. The number of furan rings is 1. The van der Waals surface area contributed by atoms with Crippen molar-refractivity contribution in [1.29, 1.82) is 5.41 Å². The average molecular weight is 497 g/mol. The number of rotatable bonds is 5. The van der Waals surface area contributed by atoms with Gasteiger partial charge in [0.2, 0.25) is 5.17 Å².